The van der Waals surface area contributed by atoms with Crippen LogP contribution in [0.1, 0.15) is 5.56 Å². The molecule has 0 bridgehead atoms. The molecule has 0 spiro atoms. The van der Waals surface area contributed by atoms with E-state index in [0.29, 0.717) is 11.5 Å². The summed E-state index contributed by atoms with van der Waals surface area (Å²) in [6, 6.07) is 7.41. The second-order valence-electron chi connectivity index (χ2n) is 4.10. The Balaban J connectivity index is 1.66. The van der Waals surface area contributed by atoms with Crippen LogP contribution in [0.3, 0.4) is 0 Å². The number of pyridine rings is 1. The number of hydrogen-bond acceptors (Lipinski definition) is 5. The molecule has 0 fully saturated rings. The zero-order valence-corrected chi connectivity index (χ0v) is 11.7. The summed E-state index contributed by atoms with van der Waals surface area (Å²) in [6.07, 6.45) is 4.84. The molecule has 2 N–H and O–H groups in total. The van der Waals surface area contributed by atoms with Crippen LogP contribution in [0.25, 0.3) is 17.6 Å². The van der Waals surface area contributed by atoms with Crippen molar-refractivity contribution >= 4 is 29.3 Å². The van der Waals surface area contributed by atoms with Crippen molar-refractivity contribution in [3.05, 3.63) is 52.9 Å². The third-order valence-corrected chi connectivity index (χ3v) is 3.30. The van der Waals surface area contributed by atoms with Crippen LogP contribution in [0, 0.1) is 0 Å². The molecule has 7 heteroatoms. The van der Waals surface area contributed by atoms with Crippen LogP contribution >= 0.6 is 11.3 Å². The fourth-order valence-corrected chi connectivity index (χ4v) is 2.26. The number of anilines is 1. The van der Waals surface area contributed by atoms with Gasteiger partial charge in [0, 0.05) is 12.3 Å². The molecule has 0 unspecified atom stereocenters. The van der Waals surface area contributed by atoms with Gasteiger partial charge in [0.05, 0.1) is 0 Å². The van der Waals surface area contributed by atoms with Gasteiger partial charge in [0.2, 0.25) is 5.95 Å². The van der Waals surface area contributed by atoms with E-state index in [9.17, 15) is 4.79 Å². The Morgan fingerprint density at radius 1 is 1.33 bits per heavy atom. The Morgan fingerprint density at radius 3 is 3.05 bits per heavy atom. The summed E-state index contributed by atoms with van der Waals surface area (Å²) in [5.41, 5.74) is 1.65. The van der Waals surface area contributed by atoms with Gasteiger partial charge in [-0.1, -0.05) is 6.07 Å². The molecule has 3 heterocycles. The number of nitrogens with one attached hydrogen (secondary N) is 2. The highest BCUT2D eigenvalue weighted by atomic mass is 32.1. The first kappa shape index (κ1) is 13.2. The Morgan fingerprint density at radius 2 is 2.29 bits per heavy atom. The summed E-state index contributed by atoms with van der Waals surface area (Å²) >= 11 is 1.58. The molecule has 3 rings (SSSR count). The van der Waals surface area contributed by atoms with Crippen molar-refractivity contribution < 1.29 is 4.79 Å². The number of carbonyl (C=O) groups is 1. The van der Waals surface area contributed by atoms with Crippen molar-refractivity contribution in [3.63, 3.8) is 0 Å². The summed E-state index contributed by atoms with van der Waals surface area (Å²) in [5.74, 6) is 0.441. The van der Waals surface area contributed by atoms with Crippen LogP contribution < -0.4 is 5.32 Å². The first-order chi connectivity index (χ1) is 10.3. The van der Waals surface area contributed by atoms with Gasteiger partial charge < -0.3 is 0 Å². The molecular weight excluding hydrogens is 286 g/mol. The molecule has 1 amide bonds. The minimum atomic E-state index is -0.284. The van der Waals surface area contributed by atoms with Gasteiger partial charge >= 0.3 is 0 Å². The van der Waals surface area contributed by atoms with Crippen LogP contribution in [0.15, 0.2) is 47.3 Å². The molecule has 0 radical (unpaired) electrons. The van der Waals surface area contributed by atoms with Gasteiger partial charge in [0.15, 0.2) is 5.82 Å². The Bertz CT molecular complexity index is 749. The number of nitrogens with zero attached hydrogens (tertiary/aromatic N) is 3. The van der Waals surface area contributed by atoms with Crippen LogP contribution in [0.4, 0.5) is 5.95 Å². The van der Waals surface area contributed by atoms with Gasteiger partial charge in [-0.15, -0.1) is 5.10 Å². The smallest absolute Gasteiger partial charge is 0.250 e. The lowest BCUT2D eigenvalue weighted by Gasteiger charge is -1.94. The zero-order chi connectivity index (χ0) is 14.5. The van der Waals surface area contributed by atoms with Crippen molar-refractivity contribution in [2.75, 3.05) is 5.32 Å². The fraction of sp³-hybridized carbons (Fsp3) is 0. The van der Waals surface area contributed by atoms with E-state index < -0.39 is 0 Å². The number of H-pyrrole nitrogens is 1. The maximum atomic E-state index is 11.7. The number of carbonyl (C=O) groups excluding carboxylic acids is 1. The van der Waals surface area contributed by atoms with Crippen molar-refractivity contribution in [1.82, 2.24) is 20.2 Å². The fourth-order valence-electron chi connectivity index (χ4n) is 1.63. The number of hydrogen-bond donors (Lipinski definition) is 2. The van der Waals surface area contributed by atoms with Crippen LogP contribution in [0.2, 0.25) is 0 Å². The molecule has 0 saturated heterocycles. The summed E-state index contributed by atoms with van der Waals surface area (Å²) in [5, 5.41) is 13.2. The van der Waals surface area contributed by atoms with E-state index in [-0.39, 0.29) is 11.9 Å². The van der Waals surface area contributed by atoms with Gasteiger partial charge in [0.1, 0.15) is 5.69 Å². The highest BCUT2D eigenvalue weighted by Gasteiger charge is 2.07. The average molecular weight is 297 g/mol. The quantitative estimate of drug-likeness (QED) is 0.725. The molecule has 3 aromatic rings. The molecule has 21 heavy (non-hydrogen) atoms. The average Bonchev–Trinajstić information content (AvgIpc) is 3.17. The minimum absolute atomic E-state index is 0.218. The third kappa shape index (κ3) is 3.40. The SMILES string of the molecule is O=C(C=Cc1ccsc1)Nc1n[nH]c(-c2ccccn2)n1. The van der Waals surface area contributed by atoms with Crippen molar-refractivity contribution in [1.29, 1.82) is 0 Å². The van der Waals surface area contributed by atoms with E-state index >= 15 is 0 Å². The maximum Gasteiger partial charge on any atom is 0.250 e. The molecule has 0 aliphatic rings. The molecule has 0 saturated carbocycles. The Labute approximate surface area is 124 Å². The van der Waals surface area contributed by atoms with E-state index in [0.717, 1.165) is 5.56 Å². The van der Waals surface area contributed by atoms with E-state index in [1.54, 1.807) is 23.6 Å². The molecule has 104 valence electrons. The van der Waals surface area contributed by atoms with Crippen LogP contribution in [-0.2, 0) is 4.79 Å². The Kier molecular flexibility index (Phi) is 3.83. The lowest BCUT2D eigenvalue weighted by Crippen LogP contribution is -2.09. The molecule has 3 aromatic heterocycles. The van der Waals surface area contributed by atoms with E-state index in [2.05, 4.69) is 25.5 Å². The topological polar surface area (TPSA) is 83.6 Å². The minimum Gasteiger partial charge on any atom is -0.290 e. The van der Waals surface area contributed by atoms with Crippen molar-refractivity contribution in [3.8, 4) is 11.5 Å². The van der Waals surface area contributed by atoms with Gasteiger partial charge in [0.25, 0.3) is 5.91 Å². The molecular formula is C14H11N5OS. The lowest BCUT2D eigenvalue weighted by molar-refractivity contribution is -0.111. The summed E-state index contributed by atoms with van der Waals surface area (Å²) < 4.78 is 0. The maximum absolute atomic E-state index is 11.7. The van der Waals surface area contributed by atoms with Crippen LogP contribution in [-0.4, -0.2) is 26.1 Å². The molecule has 0 aliphatic heterocycles. The number of aromatic nitrogens is 4. The summed E-state index contributed by atoms with van der Waals surface area (Å²) in [6.45, 7) is 0. The number of amides is 1. The normalized spacial score (nSPS) is 10.9. The largest absolute Gasteiger partial charge is 0.290 e. The Hall–Kier alpha value is -2.80. The predicted octanol–water partition coefficient (Wildman–Crippen LogP) is 2.58. The highest BCUT2D eigenvalue weighted by Crippen LogP contribution is 2.12. The van der Waals surface area contributed by atoms with Crippen molar-refractivity contribution in [2.45, 2.75) is 0 Å². The molecule has 0 aliphatic carbocycles. The first-order valence-electron chi connectivity index (χ1n) is 6.16. The van der Waals surface area contributed by atoms with Gasteiger partial charge in [-0.05, 0) is 40.6 Å². The van der Waals surface area contributed by atoms with Crippen molar-refractivity contribution in [2.24, 2.45) is 0 Å². The van der Waals surface area contributed by atoms with Crippen LogP contribution in [0.5, 0.6) is 0 Å². The summed E-state index contributed by atoms with van der Waals surface area (Å²) in [7, 11) is 0. The number of rotatable bonds is 4. The molecule has 0 atom stereocenters. The standard InChI is InChI=1S/C14H11N5OS/c20-12(5-4-10-6-8-21-9-10)16-14-17-13(18-19-14)11-3-1-2-7-15-11/h1-9H,(H2,16,17,18,19,20). The third-order valence-electron chi connectivity index (χ3n) is 2.60. The highest BCUT2D eigenvalue weighted by molar-refractivity contribution is 7.08. The summed E-state index contributed by atoms with van der Waals surface area (Å²) in [4.78, 5) is 20.1. The van der Waals surface area contributed by atoms with Gasteiger partial charge in [-0.2, -0.15) is 16.3 Å². The van der Waals surface area contributed by atoms with Gasteiger partial charge in [-0.3, -0.25) is 20.2 Å². The molecule has 0 aromatic carbocycles. The lowest BCUT2D eigenvalue weighted by atomic mass is 10.3. The van der Waals surface area contributed by atoms with Gasteiger partial charge in [-0.25, -0.2) is 0 Å². The monoisotopic (exact) mass is 297 g/mol. The van der Waals surface area contributed by atoms with E-state index in [1.807, 2.05) is 35.0 Å². The van der Waals surface area contributed by atoms with E-state index in [4.69, 9.17) is 0 Å². The second-order valence-corrected chi connectivity index (χ2v) is 4.88. The predicted molar refractivity (Wildman–Crippen MR) is 81.6 cm³/mol. The molecule has 6 nitrogen and oxygen atoms in total. The van der Waals surface area contributed by atoms with E-state index in [1.165, 1.54) is 6.08 Å². The number of aromatic amines is 1. The first-order valence-corrected chi connectivity index (χ1v) is 7.10. The second kappa shape index (κ2) is 6.10. The number of thiophene rings is 1. The zero-order valence-electron chi connectivity index (χ0n) is 10.9.